The number of carbonyl (C=O) groups is 1. The van der Waals surface area contributed by atoms with Gasteiger partial charge in [-0.15, -0.1) is 0 Å². The van der Waals surface area contributed by atoms with Crippen molar-refractivity contribution in [1.82, 2.24) is 10.3 Å². The molecule has 2 rings (SSSR count). The number of anilines is 1. The molecule has 2 heterocycles. The normalized spacial score (nSPS) is 21.1. The van der Waals surface area contributed by atoms with Crippen LogP contribution in [0.1, 0.15) is 23.7 Å². The lowest BCUT2D eigenvalue weighted by Gasteiger charge is -2.19. The Morgan fingerprint density at radius 2 is 2.53 bits per heavy atom. The summed E-state index contributed by atoms with van der Waals surface area (Å²) in [5.74, 6) is 0.478. The van der Waals surface area contributed by atoms with Crippen LogP contribution in [-0.2, 0) is 4.74 Å². The lowest BCUT2D eigenvalue weighted by Crippen LogP contribution is -2.38. The van der Waals surface area contributed by atoms with Crippen molar-refractivity contribution >= 4 is 11.7 Å². The Morgan fingerprint density at radius 1 is 1.71 bits per heavy atom. The predicted molar refractivity (Wildman–Crippen MR) is 64.5 cm³/mol. The van der Waals surface area contributed by atoms with Crippen molar-refractivity contribution < 1.29 is 9.53 Å². The molecule has 0 bridgehead atoms. The molecule has 5 heteroatoms. The van der Waals surface area contributed by atoms with Crippen LogP contribution in [0.3, 0.4) is 0 Å². The van der Waals surface area contributed by atoms with Gasteiger partial charge in [0.2, 0.25) is 0 Å². The van der Waals surface area contributed by atoms with Gasteiger partial charge >= 0.3 is 0 Å². The van der Waals surface area contributed by atoms with Crippen LogP contribution in [-0.4, -0.2) is 30.1 Å². The van der Waals surface area contributed by atoms with Gasteiger partial charge in [-0.2, -0.15) is 0 Å². The van der Waals surface area contributed by atoms with Gasteiger partial charge in [0.15, 0.2) is 0 Å². The van der Waals surface area contributed by atoms with E-state index < -0.39 is 0 Å². The summed E-state index contributed by atoms with van der Waals surface area (Å²) in [5, 5.41) is 2.94. The average molecular weight is 235 g/mol. The first-order chi connectivity index (χ1) is 8.18. The maximum absolute atomic E-state index is 12.0. The van der Waals surface area contributed by atoms with E-state index in [2.05, 4.69) is 10.3 Å². The molecule has 0 radical (unpaired) electrons. The zero-order valence-corrected chi connectivity index (χ0v) is 9.85. The highest BCUT2D eigenvalue weighted by Gasteiger charge is 2.24. The first kappa shape index (κ1) is 11.9. The van der Waals surface area contributed by atoms with Crippen molar-refractivity contribution in [2.24, 2.45) is 5.92 Å². The summed E-state index contributed by atoms with van der Waals surface area (Å²) in [5.41, 5.74) is 6.08. The first-order valence-electron chi connectivity index (χ1n) is 5.77. The number of rotatable bonds is 3. The third-order valence-electron chi connectivity index (χ3n) is 3.11. The molecule has 1 amide bonds. The van der Waals surface area contributed by atoms with Gasteiger partial charge in [0.05, 0.1) is 12.2 Å². The summed E-state index contributed by atoms with van der Waals surface area (Å²) in [6.45, 7) is 3.48. The van der Waals surface area contributed by atoms with Crippen molar-refractivity contribution in [3.63, 3.8) is 0 Å². The Hall–Kier alpha value is -1.62. The third kappa shape index (κ3) is 2.74. The molecule has 1 saturated heterocycles. The van der Waals surface area contributed by atoms with Gasteiger partial charge < -0.3 is 15.8 Å². The average Bonchev–Trinajstić information content (AvgIpc) is 2.82. The van der Waals surface area contributed by atoms with Crippen molar-refractivity contribution in [2.75, 3.05) is 18.9 Å². The second-order valence-electron chi connectivity index (χ2n) is 4.32. The van der Waals surface area contributed by atoms with E-state index in [1.54, 1.807) is 18.3 Å². The molecular formula is C12H17N3O2. The molecule has 1 aliphatic heterocycles. The number of carbonyl (C=O) groups excluding carboxylic acids is 1. The fourth-order valence-electron chi connectivity index (χ4n) is 1.96. The molecule has 1 fully saturated rings. The number of hydrogen-bond donors (Lipinski definition) is 2. The fourth-order valence-corrected chi connectivity index (χ4v) is 1.96. The molecule has 0 spiro atoms. The number of nitrogens with one attached hydrogen (secondary N) is 1. The minimum absolute atomic E-state index is 0.0876. The van der Waals surface area contributed by atoms with Gasteiger partial charge in [0, 0.05) is 24.8 Å². The maximum Gasteiger partial charge on any atom is 0.255 e. The number of nitrogens with two attached hydrogens (primary N) is 1. The largest absolute Gasteiger partial charge is 0.383 e. The van der Waals surface area contributed by atoms with Crippen molar-refractivity contribution in [2.45, 2.75) is 19.4 Å². The Balaban J connectivity index is 1.99. The summed E-state index contributed by atoms with van der Waals surface area (Å²) < 4.78 is 5.30. The maximum atomic E-state index is 12.0. The van der Waals surface area contributed by atoms with E-state index >= 15 is 0 Å². The highest BCUT2D eigenvalue weighted by molar-refractivity contribution is 5.98. The SMILES string of the molecule is CC(NC(=O)c1cccnc1N)C1CCOC1. The monoisotopic (exact) mass is 235 g/mol. The van der Waals surface area contributed by atoms with Gasteiger partial charge in [0.1, 0.15) is 5.82 Å². The van der Waals surface area contributed by atoms with Crippen LogP contribution < -0.4 is 11.1 Å². The zero-order valence-electron chi connectivity index (χ0n) is 9.85. The molecule has 17 heavy (non-hydrogen) atoms. The van der Waals surface area contributed by atoms with E-state index in [4.69, 9.17) is 10.5 Å². The summed E-state index contributed by atoms with van der Waals surface area (Å²) in [6, 6.07) is 3.47. The number of amides is 1. The van der Waals surface area contributed by atoms with E-state index in [1.165, 1.54) is 0 Å². The zero-order chi connectivity index (χ0) is 12.3. The molecule has 92 valence electrons. The highest BCUT2D eigenvalue weighted by Crippen LogP contribution is 2.17. The summed E-state index contributed by atoms with van der Waals surface area (Å²) in [7, 11) is 0. The molecule has 0 aromatic carbocycles. The van der Waals surface area contributed by atoms with Crippen molar-refractivity contribution in [3.8, 4) is 0 Å². The molecule has 1 aromatic heterocycles. The Bertz CT molecular complexity index is 402. The van der Waals surface area contributed by atoms with Gasteiger partial charge in [0.25, 0.3) is 5.91 Å². The number of aromatic nitrogens is 1. The molecular weight excluding hydrogens is 218 g/mol. The van der Waals surface area contributed by atoms with E-state index in [0.29, 0.717) is 18.1 Å². The van der Waals surface area contributed by atoms with E-state index in [0.717, 1.165) is 13.0 Å². The summed E-state index contributed by atoms with van der Waals surface area (Å²) in [6.07, 6.45) is 2.56. The standard InChI is InChI=1S/C12H17N3O2/c1-8(9-4-6-17-7-9)15-12(16)10-3-2-5-14-11(10)13/h2-3,5,8-9H,4,6-7H2,1H3,(H2,13,14)(H,15,16). The van der Waals surface area contributed by atoms with Gasteiger partial charge in [-0.1, -0.05) is 0 Å². The van der Waals surface area contributed by atoms with Crippen molar-refractivity contribution in [3.05, 3.63) is 23.9 Å². The second kappa shape index (κ2) is 5.14. The smallest absolute Gasteiger partial charge is 0.255 e. The number of pyridine rings is 1. The van der Waals surface area contributed by atoms with Gasteiger partial charge in [-0.25, -0.2) is 4.98 Å². The first-order valence-corrected chi connectivity index (χ1v) is 5.77. The van der Waals surface area contributed by atoms with Crippen LogP contribution >= 0.6 is 0 Å². The lowest BCUT2D eigenvalue weighted by molar-refractivity contribution is 0.0923. The molecule has 1 aliphatic rings. The molecule has 3 N–H and O–H groups in total. The quantitative estimate of drug-likeness (QED) is 0.813. The van der Waals surface area contributed by atoms with Crippen LogP contribution in [0.15, 0.2) is 18.3 Å². The minimum Gasteiger partial charge on any atom is -0.383 e. The van der Waals surface area contributed by atoms with E-state index in [1.807, 2.05) is 6.92 Å². The minimum atomic E-state index is -0.171. The topological polar surface area (TPSA) is 77.2 Å². The number of nitrogens with zero attached hydrogens (tertiary/aromatic N) is 1. The highest BCUT2D eigenvalue weighted by atomic mass is 16.5. The van der Waals surface area contributed by atoms with Crippen LogP contribution in [0.5, 0.6) is 0 Å². The molecule has 5 nitrogen and oxygen atoms in total. The second-order valence-corrected chi connectivity index (χ2v) is 4.32. The van der Waals surface area contributed by atoms with E-state index in [-0.39, 0.29) is 17.8 Å². The van der Waals surface area contributed by atoms with Crippen LogP contribution in [0.4, 0.5) is 5.82 Å². The van der Waals surface area contributed by atoms with Crippen molar-refractivity contribution in [1.29, 1.82) is 0 Å². The van der Waals surface area contributed by atoms with Crippen LogP contribution in [0, 0.1) is 5.92 Å². The number of ether oxygens (including phenoxy) is 1. The van der Waals surface area contributed by atoms with Crippen LogP contribution in [0.2, 0.25) is 0 Å². The fraction of sp³-hybridized carbons (Fsp3) is 0.500. The Morgan fingerprint density at radius 3 is 3.18 bits per heavy atom. The lowest BCUT2D eigenvalue weighted by atomic mass is 10.0. The summed E-state index contributed by atoms with van der Waals surface area (Å²) in [4.78, 5) is 15.9. The van der Waals surface area contributed by atoms with E-state index in [9.17, 15) is 4.79 Å². The van der Waals surface area contributed by atoms with Gasteiger partial charge in [-0.3, -0.25) is 4.79 Å². The molecule has 0 saturated carbocycles. The van der Waals surface area contributed by atoms with Gasteiger partial charge in [-0.05, 0) is 25.5 Å². The molecule has 1 aromatic rings. The van der Waals surface area contributed by atoms with Crippen LogP contribution in [0.25, 0.3) is 0 Å². The third-order valence-corrected chi connectivity index (χ3v) is 3.11. The predicted octanol–water partition coefficient (Wildman–Crippen LogP) is 0.819. The Labute approximate surface area is 100 Å². The summed E-state index contributed by atoms with van der Waals surface area (Å²) >= 11 is 0. The molecule has 2 atom stereocenters. The number of nitrogen functional groups attached to an aromatic ring is 1. The Kier molecular flexibility index (Phi) is 3.58. The molecule has 2 unspecified atom stereocenters. The number of hydrogen-bond acceptors (Lipinski definition) is 4. The molecule has 0 aliphatic carbocycles.